The molecule has 10 nitrogen and oxygen atoms in total. The molecule has 4 N–H and O–H groups in total. The molecule has 1 aliphatic rings. The van der Waals surface area contributed by atoms with E-state index < -0.39 is 36.7 Å². The summed E-state index contributed by atoms with van der Waals surface area (Å²) in [6, 6.07) is 20.3. The quantitative estimate of drug-likeness (QED) is 0.222. The summed E-state index contributed by atoms with van der Waals surface area (Å²) in [5.74, 6) is -1.20. The van der Waals surface area contributed by atoms with Crippen molar-refractivity contribution >= 4 is 54.6 Å². The predicted octanol–water partition coefficient (Wildman–Crippen LogP) is 4.44. The Bertz CT molecular complexity index is 1830. The summed E-state index contributed by atoms with van der Waals surface area (Å²) in [5.41, 5.74) is 1.31. The number of benzene rings is 4. The number of nitrogens with one attached hydrogen (secondary N) is 2. The zero-order chi connectivity index (χ0) is 27.2. The van der Waals surface area contributed by atoms with Gasteiger partial charge in [0, 0.05) is 22.5 Å². The molecule has 192 valence electrons. The van der Waals surface area contributed by atoms with Crippen molar-refractivity contribution in [3.8, 4) is 0 Å². The minimum absolute atomic E-state index is 0.0154. The Balaban J connectivity index is 1.66. The lowest BCUT2D eigenvalue weighted by Crippen LogP contribution is -2.24. The molecule has 0 amide bonds. The first kappa shape index (κ1) is 25.3. The van der Waals surface area contributed by atoms with E-state index in [-0.39, 0.29) is 32.8 Å². The topological polar surface area (TPSA) is 167 Å². The van der Waals surface area contributed by atoms with Crippen molar-refractivity contribution in [2.45, 2.75) is 9.79 Å². The van der Waals surface area contributed by atoms with Gasteiger partial charge in [0.15, 0.2) is 11.6 Å². The Kier molecular flexibility index (Phi) is 6.12. The van der Waals surface area contributed by atoms with Crippen molar-refractivity contribution in [3.05, 3.63) is 107 Å². The van der Waals surface area contributed by atoms with E-state index in [4.69, 9.17) is 0 Å². The van der Waals surface area contributed by atoms with Crippen LogP contribution in [0.15, 0.2) is 94.7 Å². The predicted molar refractivity (Wildman–Crippen MR) is 139 cm³/mol. The van der Waals surface area contributed by atoms with Crippen LogP contribution in [0.1, 0.15) is 31.8 Å². The molecule has 0 aromatic heterocycles. The number of carbonyl (C=O) groups excluding carboxylic acids is 2. The van der Waals surface area contributed by atoms with Gasteiger partial charge in [-0.15, -0.1) is 0 Å². The van der Waals surface area contributed by atoms with Crippen molar-refractivity contribution in [3.63, 3.8) is 0 Å². The maximum atomic E-state index is 13.7. The van der Waals surface area contributed by atoms with Crippen molar-refractivity contribution in [1.82, 2.24) is 0 Å². The standard InChI is InChI=1S/C26H18N2O8S2/c29-25-19-11-10-18(38(34,35)36)14-20(19)26(30)24-22(27-15-4-2-1-3-5-15)13-12-21(23(24)25)28-16-6-8-17(9-7-16)37(31,32)33/h1-14,27-28H,(H,31,32,33)(H,34,35,36). The summed E-state index contributed by atoms with van der Waals surface area (Å²) in [7, 11) is -9.03. The average molecular weight is 551 g/mol. The fraction of sp³-hybridized carbons (Fsp3) is 0. The summed E-state index contributed by atoms with van der Waals surface area (Å²) >= 11 is 0. The van der Waals surface area contributed by atoms with Crippen LogP contribution in [0.2, 0.25) is 0 Å². The van der Waals surface area contributed by atoms with Crippen molar-refractivity contribution in [2.75, 3.05) is 10.6 Å². The van der Waals surface area contributed by atoms with Crippen LogP contribution in [0.25, 0.3) is 0 Å². The van der Waals surface area contributed by atoms with E-state index in [0.29, 0.717) is 17.1 Å². The fourth-order valence-electron chi connectivity index (χ4n) is 4.16. The lowest BCUT2D eigenvalue weighted by atomic mass is 9.82. The Hall–Kier alpha value is -4.36. The van der Waals surface area contributed by atoms with Gasteiger partial charge in [0.05, 0.1) is 32.3 Å². The van der Waals surface area contributed by atoms with Gasteiger partial charge >= 0.3 is 0 Å². The Morgan fingerprint density at radius 1 is 0.526 bits per heavy atom. The summed E-state index contributed by atoms with van der Waals surface area (Å²) in [5, 5.41) is 6.12. The first-order valence-electron chi connectivity index (χ1n) is 11.0. The number of fused-ring (bicyclic) bond motifs is 2. The van der Waals surface area contributed by atoms with E-state index in [1.54, 1.807) is 36.4 Å². The molecule has 0 unspecified atom stereocenters. The largest absolute Gasteiger partial charge is 0.355 e. The number of carbonyl (C=O) groups is 2. The third-order valence-electron chi connectivity index (χ3n) is 5.92. The number of hydrogen-bond acceptors (Lipinski definition) is 8. The van der Waals surface area contributed by atoms with Gasteiger partial charge in [0.1, 0.15) is 0 Å². The molecule has 0 aliphatic heterocycles. The van der Waals surface area contributed by atoms with Crippen LogP contribution in [0.3, 0.4) is 0 Å². The van der Waals surface area contributed by atoms with Crippen LogP contribution < -0.4 is 10.6 Å². The molecule has 38 heavy (non-hydrogen) atoms. The highest BCUT2D eigenvalue weighted by molar-refractivity contribution is 7.86. The van der Waals surface area contributed by atoms with E-state index in [0.717, 1.165) is 12.1 Å². The van der Waals surface area contributed by atoms with Crippen LogP contribution in [-0.2, 0) is 20.2 Å². The molecule has 0 radical (unpaired) electrons. The second-order valence-electron chi connectivity index (χ2n) is 8.37. The monoisotopic (exact) mass is 550 g/mol. The molecule has 5 rings (SSSR count). The van der Waals surface area contributed by atoms with E-state index >= 15 is 0 Å². The van der Waals surface area contributed by atoms with E-state index in [2.05, 4.69) is 10.6 Å². The zero-order valence-corrected chi connectivity index (χ0v) is 20.9. The van der Waals surface area contributed by atoms with E-state index in [1.807, 2.05) is 6.07 Å². The summed E-state index contributed by atoms with van der Waals surface area (Å²) < 4.78 is 64.8. The molecule has 1 aliphatic carbocycles. The van der Waals surface area contributed by atoms with Gasteiger partial charge in [-0.25, -0.2) is 0 Å². The first-order chi connectivity index (χ1) is 17.9. The normalized spacial score (nSPS) is 13.0. The Morgan fingerprint density at radius 3 is 1.53 bits per heavy atom. The van der Waals surface area contributed by atoms with Crippen LogP contribution >= 0.6 is 0 Å². The molecule has 0 atom stereocenters. The maximum absolute atomic E-state index is 13.7. The highest BCUT2D eigenvalue weighted by atomic mass is 32.2. The van der Waals surface area contributed by atoms with Crippen LogP contribution in [-0.4, -0.2) is 37.5 Å². The van der Waals surface area contributed by atoms with E-state index in [9.17, 15) is 35.5 Å². The van der Waals surface area contributed by atoms with Gasteiger partial charge in [-0.1, -0.05) is 18.2 Å². The van der Waals surface area contributed by atoms with Crippen molar-refractivity contribution in [1.29, 1.82) is 0 Å². The smallest absolute Gasteiger partial charge is 0.294 e. The van der Waals surface area contributed by atoms with E-state index in [1.165, 1.54) is 30.3 Å². The molecule has 12 heteroatoms. The number of para-hydroxylation sites is 1. The lowest BCUT2D eigenvalue weighted by molar-refractivity contribution is 0.0980. The van der Waals surface area contributed by atoms with Gasteiger partial charge in [-0.3, -0.25) is 18.7 Å². The molecule has 0 saturated carbocycles. The first-order valence-corrected chi connectivity index (χ1v) is 13.9. The Morgan fingerprint density at radius 2 is 1.00 bits per heavy atom. The zero-order valence-electron chi connectivity index (χ0n) is 19.2. The number of anilines is 4. The number of hydrogen-bond donors (Lipinski definition) is 4. The molecule has 4 aromatic carbocycles. The molecule has 4 aromatic rings. The third kappa shape index (κ3) is 4.68. The molecular weight excluding hydrogens is 532 g/mol. The van der Waals surface area contributed by atoms with Crippen LogP contribution in [0.5, 0.6) is 0 Å². The van der Waals surface area contributed by atoms with Gasteiger partial charge in [0.25, 0.3) is 20.2 Å². The number of ketones is 2. The fourth-order valence-corrected chi connectivity index (χ4v) is 5.15. The second kappa shape index (κ2) is 9.19. The van der Waals surface area contributed by atoms with Crippen molar-refractivity contribution < 1.29 is 35.5 Å². The van der Waals surface area contributed by atoms with Gasteiger partial charge in [-0.2, -0.15) is 16.8 Å². The highest BCUT2D eigenvalue weighted by Gasteiger charge is 2.35. The highest BCUT2D eigenvalue weighted by Crippen LogP contribution is 2.39. The van der Waals surface area contributed by atoms with Crippen molar-refractivity contribution in [2.24, 2.45) is 0 Å². The summed E-state index contributed by atoms with van der Waals surface area (Å²) in [4.78, 5) is 26.5. The number of rotatable bonds is 6. The lowest BCUT2D eigenvalue weighted by Gasteiger charge is -2.24. The molecule has 0 fully saturated rings. The van der Waals surface area contributed by atoms with Gasteiger partial charge in [0.2, 0.25) is 0 Å². The average Bonchev–Trinajstić information content (AvgIpc) is 2.87. The third-order valence-corrected chi connectivity index (χ3v) is 7.64. The van der Waals surface area contributed by atoms with Gasteiger partial charge < -0.3 is 10.6 Å². The summed E-state index contributed by atoms with van der Waals surface area (Å²) in [6.07, 6.45) is 0. The van der Waals surface area contributed by atoms with Crippen LogP contribution in [0.4, 0.5) is 22.7 Å². The maximum Gasteiger partial charge on any atom is 0.294 e. The minimum Gasteiger partial charge on any atom is -0.355 e. The minimum atomic E-state index is -4.63. The second-order valence-corrected chi connectivity index (χ2v) is 11.2. The summed E-state index contributed by atoms with van der Waals surface area (Å²) in [6.45, 7) is 0. The molecule has 0 heterocycles. The SMILES string of the molecule is O=C1c2ccc(S(=O)(=O)O)cc2C(=O)c2c(Nc3ccccc3)ccc(Nc3ccc(S(=O)(=O)O)cc3)c21. The van der Waals surface area contributed by atoms with Crippen LogP contribution in [0, 0.1) is 0 Å². The molecular formula is C26H18N2O8S2. The van der Waals surface area contributed by atoms with Gasteiger partial charge in [-0.05, 0) is 66.7 Å². The molecule has 0 saturated heterocycles. The Labute approximate surface area is 217 Å². The molecule has 0 spiro atoms. The molecule has 0 bridgehead atoms.